The quantitative estimate of drug-likeness (QED) is 0.804. The Balaban J connectivity index is 2.92. The van der Waals surface area contributed by atoms with Crippen LogP contribution in [-0.2, 0) is 6.18 Å². The maximum atomic E-state index is 12.3. The van der Waals surface area contributed by atoms with Gasteiger partial charge in [-0.1, -0.05) is 12.1 Å². The molecule has 0 unspecified atom stereocenters. The van der Waals surface area contributed by atoms with E-state index in [-0.39, 0.29) is 5.56 Å². The summed E-state index contributed by atoms with van der Waals surface area (Å²) in [6.45, 7) is 0. The minimum absolute atomic E-state index is 0.183. The van der Waals surface area contributed by atoms with Crippen LogP contribution in [0.5, 0.6) is 0 Å². The maximum absolute atomic E-state index is 12.3. The van der Waals surface area contributed by atoms with Crippen molar-refractivity contribution >= 4 is 0 Å². The highest BCUT2D eigenvalue weighted by atomic mass is 19.4. The van der Waals surface area contributed by atoms with Crippen LogP contribution in [0.2, 0.25) is 0 Å². The van der Waals surface area contributed by atoms with Crippen LogP contribution in [0.15, 0.2) is 24.3 Å². The molecule has 1 atom stereocenters. The topological polar surface area (TPSA) is 26.0 Å². The molecule has 7 heteroatoms. The average Bonchev–Trinajstić information content (AvgIpc) is 2.14. The van der Waals surface area contributed by atoms with Crippen LogP contribution < -0.4 is 5.73 Å². The fourth-order valence-corrected chi connectivity index (χ4v) is 1.31. The lowest BCUT2D eigenvalue weighted by molar-refractivity contribution is -0.138. The highest BCUT2D eigenvalue weighted by Crippen LogP contribution is 2.33. The number of hydrogen-bond acceptors (Lipinski definition) is 1. The van der Waals surface area contributed by atoms with Crippen LogP contribution in [-0.4, -0.2) is 6.18 Å². The van der Waals surface area contributed by atoms with Crippen molar-refractivity contribution in [1.29, 1.82) is 0 Å². The van der Waals surface area contributed by atoms with E-state index < -0.39 is 30.4 Å². The third kappa shape index (κ3) is 4.26. The molecule has 0 amide bonds. The first kappa shape index (κ1) is 13.8. The van der Waals surface area contributed by atoms with Gasteiger partial charge in [0.2, 0.25) is 0 Å². The lowest BCUT2D eigenvalue weighted by atomic mass is 10.0. The van der Waals surface area contributed by atoms with E-state index in [4.69, 9.17) is 5.73 Å². The van der Waals surface area contributed by atoms with Crippen molar-refractivity contribution in [3.05, 3.63) is 35.4 Å². The molecule has 2 N–H and O–H groups in total. The van der Waals surface area contributed by atoms with Crippen molar-refractivity contribution in [2.45, 2.75) is 24.8 Å². The Kier molecular flexibility index (Phi) is 3.71. The van der Waals surface area contributed by atoms with E-state index in [0.717, 1.165) is 18.2 Å². The Morgan fingerprint density at radius 1 is 1.06 bits per heavy atom. The van der Waals surface area contributed by atoms with E-state index >= 15 is 0 Å². The molecule has 0 heterocycles. The fraction of sp³-hybridized carbons (Fsp3) is 0.400. The second-order valence-electron chi connectivity index (χ2n) is 3.55. The van der Waals surface area contributed by atoms with Gasteiger partial charge in [0.15, 0.2) is 0 Å². The van der Waals surface area contributed by atoms with Gasteiger partial charge in [0.1, 0.15) is 0 Å². The number of halogens is 6. The van der Waals surface area contributed by atoms with Gasteiger partial charge in [-0.2, -0.15) is 26.3 Å². The number of rotatable bonds is 2. The SMILES string of the molecule is N[C@H](CC(F)(F)F)c1cccc(C(F)(F)F)c1. The Morgan fingerprint density at radius 3 is 2.12 bits per heavy atom. The van der Waals surface area contributed by atoms with E-state index in [1.165, 1.54) is 0 Å². The molecule has 0 radical (unpaired) electrons. The number of alkyl halides is 6. The molecular formula is C10H9F6N. The van der Waals surface area contributed by atoms with Crippen LogP contribution in [0.1, 0.15) is 23.6 Å². The summed E-state index contributed by atoms with van der Waals surface area (Å²) in [7, 11) is 0. The zero-order valence-corrected chi connectivity index (χ0v) is 8.44. The Labute approximate surface area is 93.2 Å². The van der Waals surface area contributed by atoms with Gasteiger partial charge in [-0.25, -0.2) is 0 Å². The van der Waals surface area contributed by atoms with Gasteiger partial charge in [-0.05, 0) is 17.7 Å². The molecule has 0 aliphatic heterocycles. The van der Waals surface area contributed by atoms with Gasteiger partial charge in [-0.15, -0.1) is 0 Å². The number of nitrogens with two attached hydrogens (primary N) is 1. The van der Waals surface area contributed by atoms with E-state index in [1.807, 2.05) is 0 Å². The lowest BCUT2D eigenvalue weighted by Crippen LogP contribution is -2.20. The normalized spacial score (nSPS) is 14.8. The zero-order chi connectivity index (χ0) is 13.3. The Hall–Kier alpha value is -1.24. The molecule has 1 aromatic rings. The summed E-state index contributed by atoms with van der Waals surface area (Å²) in [4.78, 5) is 0. The molecule has 1 rings (SSSR count). The molecule has 0 fully saturated rings. The molecule has 0 bridgehead atoms. The van der Waals surface area contributed by atoms with Crippen molar-refractivity contribution in [2.24, 2.45) is 5.73 Å². The van der Waals surface area contributed by atoms with E-state index in [9.17, 15) is 26.3 Å². The van der Waals surface area contributed by atoms with Crippen LogP contribution in [0.25, 0.3) is 0 Å². The summed E-state index contributed by atoms with van der Waals surface area (Å²) in [5.74, 6) is 0. The van der Waals surface area contributed by atoms with E-state index in [0.29, 0.717) is 6.07 Å². The molecular weight excluding hydrogens is 248 g/mol. The first-order valence-corrected chi connectivity index (χ1v) is 4.59. The second-order valence-corrected chi connectivity index (χ2v) is 3.55. The fourth-order valence-electron chi connectivity index (χ4n) is 1.31. The van der Waals surface area contributed by atoms with E-state index in [2.05, 4.69) is 0 Å². The summed E-state index contributed by atoms with van der Waals surface area (Å²) in [5, 5.41) is 0. The second kappa shape index (κ2) is 4.56. The maximum Gasteiger partial charge on any atom is 0.416 e. The molecule has 0 saturated heterocycles. The first-order valence-electron chi connectivity index (χ1n) is 4.59. The molecule has 0 aliphatic rings. The monoisotopic (exact) mass is 257 g/mol. The number of benzene rings is 1. The van der Waals surface area contributed by atoms with E-state index in [1.54, 1.807) is 0 Å². The molecule has 0 aliphatic carbocycles. The number of hydrogen-bond donors (Lipinski definition) is 1. The van der Waals surface area contributed by atoms with Crippen LogP contribution in [0, 0.1) is 0 Å². The molecule has 0 aromatic heterocycles. The molecule has 0 spiro atoms. The Bertz CT molecular complexity index is 381. The molecule has 1 aromatic carbocycles. The summed E-state index contributed by atoms with van der Waals surface area (Å²) in [5.41, 5.74) is 4.02. The van der Waals surface area contributed by atoms with Gasteiger partial charge in [-0.3, -0.25) is 0 Å². The van der Waals surface area contributed by atoms with Crippen molar-refractivity contribution in [2.75, 3.05) is 0 Å². The largest absolute Gasteiger partial charge is 0.416 e. The Morgan fingerprint density at radius 2 is 1.65 bits per heavy atom. The van der Waals surface area contributed by atoms with Crippen LogP contribution in [0.3, 0.4) is 0 Å². The summed E-state index contributed by atoms with van der Waals surface area (Å²) in [6, 6.07) is 2.11. The van der Waals surface area contributed by atoms with Crippen LogP contribution >= 0.6 is 0 Å². The predicted octanol–water partition coefficient (Wildman–Crippen LogP) is 3.66. The predicted molar refractivity (Wildman–Crippen MR) is 49.0 cm³/mol. The van der Waals surface area contributed by atoms with Crippen molar-refractivity contribution in [1.82, 2.24) is 0 Å². The third-order valence-corrected chi connectivity index (χ3v) is 2.09. The summed E-state index contributed by atoms with van der Waals surface area (Å²) < 4.78 is 73.0. The van der Waals surface area contributed by atoms with Crippen molar-refractivity contribution in [3.8, 4) is 0 Å². The van der Waals surface area contributed by atoms with Gasteiger partial charge >= 0.3 is 12.4 Å². The lowest BCUT2D eigenvalue weighted by Gasteiger charge is -2.16. The molecule has 17 heavy (non-hydrogen) atoms. The van der Waals surface area contributed by atoms with Crippen molar-refractivity contribution < 1.29 is 26.3 Å². The molecule has 0 saturated carbocycles. The van der Waals surface area contributed by atoms with Gasteiger partial charge in [0.25, 0.3) is 0 Å². The molecule has 96 valence electrons. The third-order valence-electron chi connectivity index (χ3n) is 2.09. The average molecular weight is 257 g/mol. The van der Waals surface area contributed by atoms with Gasteiger partial charge in [0, 0.05) is 6.04 Å². The minimum atomic E-state index is -4.59. The summed E-state index contributed by atoms with van der Waals surface area (Å²) in [6.07, 6.45) is -10.4. The standard InChI is InChI=1S/C10H9F6N/c11-9(12,13)5-8(17)6-2-1-3-7(4-6)10(14,15)16/h1-4,8H,5,17H2/t8-/m1/s1. The first-order chi connectivity index (χ1) is 7.59. The summed E-state index contributed by atoms with van der Waals surface area (Å²) >= 11 is 0. The van der Waals surface area contributed by atoms with Gasteiger partial charge in [0.05, 0.1) is 12.0 Å². The highest BCUT2D eigenvalue weighted by molar-refractivity contribution is 5.27. The smallest absolute Gasteiger partial charge is 0.324 e. The minimum Gasteiger partial charge on any atom is -0.324 e. The van der Waals surface area contributed by atoms with Crippen molar-refractivity contribution in [3.63, 3.8) is 0 Å². The van der Waals surface area contributed by atoms with Gasteiger partial charge < -0.3 is 5.73 Å². The molecule has 1 nitrogen and oxygen atoms in total. The van der Waals surface area contributed by atoms with Crippen LogP contribution in [0.4, 0.5) is 26.3 Å². The highest BCUT2D eigenvalue weighted by Gasteiger charge is 2.33. The zero-order valence-electron chi connectivity index (χ0n) is 8.44.